The molecule has 0 radical (unpaired) electrons. The van der Waals surface area contributed by atoms with Gasteiger partial charge in [0, 0.05) is 25.7 Å². The third kappa shape index (κ3) is 2.13. The Morgan fingerprint density at radius 1 is 1.53 bits per heavy atom. The molecule has 90 valence electrons. The van der Waals surface area contributed by atoms with Crippen LogP contribution in [0.4, 0.5) is 5.95 Å². The summed E-state index contributed by atoms with van der Waals surface area (Å²) < 4.78 is 3.81. The minimum Gasteiger partial charge on any atom is -0.337 e. The number of H-pyrrole nitrogens is 1. The van der Waals surface area contributed by atoms with Crippen LogP contribution in [-0.4, -0.2) is 50.4 Å². The van der Waals surface area contributed by atoms with Crippen LogP contribution >= 0.6 is 11.5 Å². The fourth-order valence-electron chi connectivity index (χ4n) is 1.89. The van der Waals surface area contributed by atoms with Gasteiger partial charge >= 0.3 is 0 Å². The average molecular weight is 251 g/mol. The van der Waals surface area contributed by atoms with Crippen LogP contribution in [0.5, 0.6) is 0 Å². The average Bonchev–Trinajstić information content (AvgIpc) is 3.00. The Balaban J connectivity index is 1.80. The van der Waals surface area contributed by atoms with Crippen molar-refractivity contribution in [2.75, 3.05) is 24.5 Å². The Bertz CT molecular complexity index is 479. The first-order chi connectivity index (χ1) is 8.33. The largest absolute Gasteiger partial charge is 0.337 e. The summed E-state index contributed by atoms with van der Waals surface area (Å²) in [5, 5.41) is 14.4. The highest BCUT2D eigenvalue weighted by atomic mass is 32.1. The van der Waals surface area contributed by atoms with E-state index in [0.717, 1.165) is 36.3 Å². The predicted molar refractivity (Wildman–Crippen MR) is 65.0 cm³/mol. The van der Waals surface area contributed by atoms with Crippen molar-refractivity contribution in [2.45, 2.75) is 13.0 Å². The molecule has 3 rings (SSSR count). The quantitative estimate of drug-likeness (QED) is 0.789. The lowest BCUT2D eigenvalue weighted by molar-refractivity contribution is 0.480. The number of anilines is 1. The Kier molecular flexibility index (Phi) is 2.73. The summed E-state index contributed by atoms with van der Waals surface area (Å²) in [7, 11) is 0. The minimum absolute atomic E-state index is 0.468. The Labute approximate surface area is 102 Å². The number of rotatable bonds is 2. The van der Waals surface area contributed by atoms with Crippen LogP contribution in [0.2, 0.25) is 0 Å². The van der Waals surface area contributed by atoms with E-state index in [9.17, 15) is 0 Å². The van der Waals surface area contributed by atoms with E-state index >= 15 is 0 Å². The smallest absolute Gasteiger partial charge is 0.245 e. The van der Waals surface area contributed by atoms with Gasteiger partial charge in [0.05, 0.1) is 6.20 Å². The molecule has 0 saturated carbocycles. The Hall–Kier alpha value is -1.54. The maximum Gasteiger partial charge on any atom is 0.245 e. The molecule has 1 atom stereocenters. The summed E-state index contributed by atoms with van der Waals surface area (Å²) in [6.45, 7) is 4.99. The summed E-state index contributed by atoms with van der Waals surface area (Å²) in [6.07, 6.45) is 1.69. The number of aromatic amines is 1. The van der Waals surface area contributed by atoms with Crippen molar-refractivity contribution in [1.29, 1.82) is 0 Å². The lowest BCUT2D eigenvalue weighted by Crippen LogP contribution is -2.49. The molecule has 1 aliphatic rings. The van der Waals surface area contributed by atoms with E-state index in [4.69, 9.17) is 0 Å². The molecule has 0 aliphatic carbocycles. The molecule has 1 saturated heterocycles. The number of nitrogens with one attached hydrogen (secondary N) is 2. The van der Waals surface area contributed by atoms with Crippen LogP contribution in [0.15, 0.2) is 6.20 Å². The van der Waals surface area contributed by atoms with Crippen molar-refractivity contribution < 1.29 is 0 Å². The van der Waals surface area contributed by atoms with Crippen molar-refractivity contribution >= 4 is 17.5 Å². The second-order valence-corrected chi connectivity index (χ2v) is 4.85. The lowest BCUT2D eigenvalue weighted by atomic mass is 10.2. The monoisotopic (exact) mass is 251 g/mol. The highest BCUT2D eigenvalue weighted by Gasteiger charge is 2.19. The molecule has 2 aromatic rings. The van der Waals surface area contributed by atoms with E-state index in [0.29, 0.717) is 6.04 Å². The number of nitrogens with zero attached hydrogens (tertiary/aromatic N) is 5. The normalized spacial score (nSPS) is 20.8. The van der Waals surface area contributed by atoms with Crippen LogP contribution in [0.1, 0.15) is 6.92 Å². The summed E-state index contributed by atoms with van der Waals surface area (Å²) >= 11 is 1.31. The summed E-state index contributed by atoms with van der Waals surface area (Å²) in [5.41, 5.74) is 0. The molecular weight excluding hydrogens is 238 g/mol. The third-order valence-electron chi connectivity index (χ3n) is 2.72. The fourth-order valence-corrected chi connectivity index (χ4v) is 2.34. The van der Waals surface area contributed by atoms with Crippen LogP contribution in [0.25, 0.3) is 10.7 Å². The number of hydrogen-bond donors (Lipinski definition) is 2. The van der Waals surface area contributed by atoms with Gasteiger partial charge in [-0.2, -0.15) is 4.98 Å². The molecule has 1 unspecified atom stereocenters. The van der Waals surface area contributed by atoms with Gasteiger partial charge in [-0.15, -0.1) is 10.2 Å². The SMILES string of the molecule is CC1CN(c2n[nH]c(-c3cnns3)n2)CCN1. The molecule has 3 heterocycles. The van der Waals surface area contributed by atoms with E-state index in [1.54, 1.807) is 6.20 Å². The first-order valence-corrected chi connectivity index (χ1v) is 6.29. The zero-order valence-electron chi connectivity index (χ0n) is 9.42. The standard InChI is InChI=1S/C9H13N7S/c1-6-5-16(3-2-10-6)9-12-8(13-14-9)7-4-11-15-17-7/h4,6,10H,2-3,5H2,1H3,(H,12,13,14). The minimum atomic E-state index is 0.468. The first kappa shape index (κ1) is 10.6. The molecule has 0 amide bonds. The molecule has 2 aromatic heterocycles. The molecule has 1 aliphatic heterocycles. The molecule has 0 spiro atoms. The molecule has 2 N–H and O–H groups in total. The van der Waals surface area contributed by atoms with Crippen LogP contribution < -0.4 is 10.2 Å². The molecule has 0 bridgehead atoms. The summed E-state index contributed by atoms with van der Waals surface area (Å²) in [5.74, 6) is 1.49. The van der Waals surface area contributed by atoms with Gasteiger partial charge in [0.1, 0.15) is 4.88 Å². The van der Waals surface area contributed by atoms with Gasteiger partial charge in [0.2, 0.25) is 5.95 Å². The van der Waals surface area contributed by atoms with Crippen molar-refractivity contribution in [3.8, 4) is 10.7 Å². The fraction of sp³-hybridized carbons (Fsp3) is 0.556. The molecule has 0 aromatic carbocycles. The highest BCUT2D eigenvalue weighted by Crippen LogP contribution is 2.19. The summed E-state index contributed by atoms with van der Waals surface area (Å²) in [4.78, 5) is 7.56. The lowest BCUT2D eigenvalue weighted by Gasteiger charge is -2.30. The van der Waals surface area contributed by atoms with E-state index in [1.807, 2.05) is 0 Å². The van der Waals surface area contributed by atoms with E-state index in [-0.39, 0.29) is 0 Å². The number of hydrogen-bond acceptors (Lipinski definition) is 7. The summed E-state index contributed by atoms with van der Waals surface area (Å²) in [6, 6.07) is 0.468. The second kappa shape index (κ2) is 4.38. The second-order valence-electron chi connectivity index (χ2n) is 4.07. The molecule has 1 fully saturated rings. The van der Waals surface area contributed by atoms with Gasteiger partial charge in [-0.25, -0.2) is 0 Å². The number of aromatic nitrogens is 5. The Morgan fingerprint density at radius 3 is 3.24 bits per heavy atom. The van der Waals surface area contributed by atoms with Crippen molar-refractivity contribution in [3.05, 3.63) is 6.20 Å². The van der Waals surface area contributed by atoms with Gasteiger partial charge in [0.25, 0.3) is 0 Å². The maximum absolute atomic E-state index is 4.47. The van der Waals surface area contributed by atoms with Gasteiger partial charge in [0.15, 0.2) is 5.82 Å². The predicted octanol–water partition coefficient (Wildman–Crippen LogP) is 0.121. The van der Waals surface area contributed by atoms with E-state index in [2.05, 4.69) is 41.9 Å². The van der Waals surface area contributed by atoms with E-state index in [1.165, 1.54) is 11.5 Å². The zero-order valence-corrected chi connectivity index (χ0v) is 10.2. The zero-order chi connectivity index (χ0) is 11.7. The van der Waals surface area contributed by atoms with Crippen LogP contribution in [-0.2, 0) is 0 Å². The third-order valence-corrected chi connectivity index (χ3v) is 3.39. The topological polar surface area (TPSA) is 82.6 Å². The molecule has 17 heavy (non-hydrogen) atoms. The van der Waals surface area contributed by atoms with Crippen molar-refractivity contribution in [3.63, 3.8) is 0 Å². The molecule has 8 heteroatoms. The van der Waals surface area contributed by atoms with Crippen molar-refractivity contribution in [2.24, 2.45) is 0 Å². The maximum atomic E-state index is 4.47. The van der Waals surface area contributed by atoms with Crippen LogP contribution in [0, 0.1) is 0 Å². The Morgan fingerprint density at radius 2 is 2.47 bits per heavy atom. The van der Waals surface area contributed by atoms with Crippen molar-refractivity contribution in [1.82, 2.24) is 30.1 Å². The first-order valence-electron chi connectivity index (χ1n) is 5.51. The van der Waals surface area contributed by atoms with Gasteiger partial charge in [-0.3, -0.25) is 5.10 Å². The molecular formula is C9H13N7S. The van der Waals surface area contributed by atoms with Gasteiger partial charge < -0.3 is 10.2 Å². The van der Waals surface area contributed by atoms with E-state index < -0.39 is 0 Å². The highest BCUT2D eigenvalue weighted by molar-refractivity contribution is 7.09. The van der Waals surface area contributed by atoms with Gasteiger partial charge in [-0.1, -0.05) is 4.49 Å². The van der Waals surface area contributed by atoms with Gasteiger partial charge in [-0.05, 0) is 18.5 Å². The number of piperazine rings is 1. The van der Waals surface area contributed by atoms with Crippen LogP contribution in [0.3, 0.4) is 0 Å². The molecule has 7 nitrogen and oxygen atoms in total.